The normalized spacial score (nSPS) is 20.9. The van der Waals surface area contributed by atoms with Crippen molar-refractivity contribution in [2.75, 3.05) is 62.3 Å². The van der Waals surface area contributed by atoms with Gasteiger partial charge >= 0.3 is 15.6 Å². The summed E-state index contributed by atoms with van der Waals surface area (Å²) in [6.45, 7) is 18.1. The van der Waals surface area contributed by atoms with Crippen LogP contribution in [-0.2, 0) is 36.4 Å². The van der Waals surface area contributed by atoms with Crippen molar-refractivity contribution in [2.24, 2.45) is 0 Å². The Kier molecular flexibility index (Phi) is 20.7. The van der Waals surface area contributed by atoms with Gasteiger partial charge in [0.15, 0.2) is 22.9 Å². The number of unbranched alkanes of at least 4 members (excludes halogenated alkanes) is 3. The lowest BCUT2D eigenvalue weighted by atomic mass is 9.83. The van der Waals surface area contributed by atoms with Crippen LogP contribution >= 0.6 is 69.9 Å². The fourth-order valence-corrected chi connectivity index (χ4v) is 16.4. The van der Waals surface area contributed by atoms with Gasteiger partial charge in [-0.25, -0.2) is 23.0 Å². The van der Waals surface area contributed by atoms with Gasteiger partial charge in [0, 0.05) is 98.3 Å². The van der Waals surface area contributed by atoms with E-state index in [-0.39, 0.29) is 97.2 Å². The first-order valence-electron chi connectivity index (χ1n) is 29.0. The highest BCUT2D eigenvalue weighted by atomic mass is 35.5. The minimum atomic E-state index is -5.93. The number of phosphoric acid groups is 3. The molecule has 1 saturated heterocycles. The number of aliphatic hydroxyl groups is 2. The minimum Gasteiger partial charge on any atom is -0.756 e. The Hall–Kier alpha value is -5.25. The van der Waals surface area contributed by atoms with E-state index in [0.717, 1.165) is 51.0 Å². The van der Waals surface area contributed by atoms with Crippen molar-refractivity contribution in [3.63, 3.8) is 0 Å². The number of halogens is 4. The molecule has 27 nitrogen and oxygen atoms in total. The van der Waals surface area contributed by atoms with Gasteiger partial charge in [0.1, 0.15) is 36.4 Å². The van der Waals surface area contributed by atoms with Crippen LogP contribution in [-0.4, -0.2) is 137 Å². The van der Waals surface area contributed by atoms with E-state index in [1.165, 1.54) is 4.90 Å². The summed E-state index contributed by atoms with van der Waals surface area (Å²) < 4.78 is 63.0. The summed E-state index contributed by atoms with van der Waals surface area (Å²) in [5.74, 6) is -0.0698. The first-order valence-corrected chi connectivity index (χ1v) is 35.0. The van der Waals surface area contributed by atoms with Crippen LogP contribution in [0.15, 0.2) is 41.2 Å². The lowest BCUT2D eigenvalue weighted by Gasteiger charge is -2.43. The van der Waals surface area contributed by atoms with Gasteiger partial charge < -0.3 is 65.4 Å². The summed E-state index contributed by atoms with van der Waals surface area (Å²) in [6, 6.07) is 8.26. The molecule has 5 aromatic rings. The van der Waals surface area contributed by atoms with Crippen LogP contribution in [0.3, 0.4) is 0 Å². The summed E-state index contributed by atoms with van der Waals surface area (Å²) in [7, 11) is -15.9. The first-order chi connectivity index (χ1) is 42.5. The zero-order chi connectivity index (χ0) is 66.8. The molecule has 10 N–H and O–H groups in total. The van der Waals surface area contributed by atoms with Gasteiger partial charge in [-0.2, -0.15) is 9.29 Å². The summed E-state index contributed by atoms with van der Waals surface area (Å²) >= 11 is 28.4. The Labute approximate surface area is 542 Å². The Morgan fingerprint density at radius 1 is 0.857 bits per heavy atom. The molecule has 2 aromatic heterocycles. The molecule has 494 valence electrons. The monoisotopic (exact) mass is 1400 g/mol. The number of carbonyl (C=O) groups excluding carboxylic acids is 2. The zero-order valence-corrected chi connectivity index (χ0v) is 56.7. The molecule has 2 amide bonds. The molecule has 1 fully saturated rings. The fraction of sp³-hybridized carbons (Fsp3) is 0.474. The molecule has 9 rings (SSSR count). The van der Waals surface area contributed by atoms with Gasteiger partial charge in [-0.1, -0.05) is 65.3 Å². The second-order valence-electron chi connectivity index (χ2n) is 23.5. The van der Waals surface area contributed by atoms with Crippen molar-refractivity contribution in [3.8, 4) is 11.5 Å². The van der Waals surface area contributed by atoms with Crippen molar-refractivity contribution in [3.05, 3.63) is 105 Å². The van der Waals surface area contributed by atoms with Crippen molar-refractivity contribution >= 4 is 127 Å². The number of benzene rings is 3. The van der Waals surface area contributed by atoms with Gasteiger partial charge in [0.25, 0.3) is 19.3 Å². The number of hydrogen-bond donors (Lipinski definition) is 9. The van der Waals surface area contributed by atoms with Gasteiger partial charge in [-0.15, -0.1) is 0 Å². The second-order valence-corrected chi connectivity index (χ2v) is 29.4. The van der Waals surface area contributed by atoms with E-state index in [9.17, 15) is 48.2 Å². The number of rotatable bonds is 24. The molecule has 91 heavy (non-hydrogen) atoms. The number of nitrogens with one attached hydrogen (secondary N) is 3. The number of phosphoric ester groups is 1. The SMILES string of the molecule is CCN1c2cc3c(cc2C(C)=CC1(C)C)C(c1c(Cl)c(Cl)c(Cl)c(Cl)c1C(=O)N(C)CCCC(=O)NCCCCCCNc1nc2c(=O)[nH]c(N)nc2n1[C@@H]1O[C@H](COP(=O)(O)OP(=O)(O)OP(=O)([O-])O)[C@@H](O)[C@H]1O)=c1cc2c(cc1O3)=[N+](CC)C(C)(C)C=C2C. The number of nitrogen functional groups attached to an aromatic ring is 1. The number of hydrogen-bond acceptors (Lipinski definition) is 19. The number of ether oxygens (including phenoxy) is 2. The molecular weight excluding hydrogens is 1330 g/mol. The number of amides is 2. The third-order valence-corrected chi connectivity index (χ3v) is 21.8. The van der Waals surface area contributed by atoms with Gasteiger partial charge in [0.05, 0.1) is 43.9 Å². The molecule has 0 radical (unpaired) electrons. The average Bonchev–Trinajstić information content (AvgIpc) is 1.17. The number of nitrogens with zero attached hydrogens (tertiary/aromatic N) is 6. The number of allylic oxidation sites excluding steroid dienone is 2. The fourth-order valence-electron chi connectivity index (χ4n) is 12.3. The van der Waals surface area contributed by atoms with E-state index in [2.05, 4.69) is 140 Å². The quantitative estimate of drug-likeness (QED) is 0.00938. The molecule has 6 heterocycles. The third-order valence-electron chi connectivity index (χ3n) is 16.2. The Morgan fingerprint density at radius 2 is 1.53 bits per heavy atom. The summed E-state index contributed by atoms with van der Waals surface area (Å²) in [4.78, 5) is 94.7. The largest absolute Gasteiger partial charge is 0.756 e. The lowest BCUT2D eigenvalue weighted by Crippen LogP contribution is -2.49. The Morgan fingerprint density at radius 3 is 2.20 bits per heavy atom. The van der Waals surface area contributed by atoms with Crippen LogP contribution < -0.4 is 51.6 Å². The average molecular weight is 1400 g/mol. The lowest BCUT2D eigenvalue weighted by molar-refractivity contribution is -0.212. The number of aromatic amines is 1. The molecule has 7 atom stereocenters. The highest BCUT2D eigenvalue weighted by Gasteiger charge is 2.48. The predicted octanol–water partition coefficient (Wildman–Crippen LogP) is 7.37. The topological polar surface area (TPSA) is 379 Å². The van der Waals surface area contributed by atoms with Crippen LogP contribution in [0.4, 0.5) is 17.6 Å². The van der Waals surface area contributed by atoms with Crippen LogP contribution in [0, 0.1) is 0 Å². The maximum absolute atomic E-state index is 15.1. The zero-order valence-electron chi connectivity index (χ0n) is 51.0. The highest BCUT2D eigenvalue weighted by molar-refractivity contribution is 7.66. The molecular formula is C57H71Cl4N10O17P3. The summed E-state index contributed by atoms with van der Waals surface area (Å²) in [5, 5.41) is 29.4. The van der Waals surface area contributed by atoms with E-state index >= 15 is 4.79 Å². The number of carbonyl (C=O) groups is 2. The van der Waals surface area contributed by atoms with Crippen molar-refractivity contribution in [1.29, 1.82) is 0 Å². The smallest absolute Gasteiger partial charge is 0.487 e. The maximum atomic E-state index is 15.1. The van der Waals surface area contributed by atoms with Gasteiger partial charge in [-0.3, -0.25) is 33.0 Å². The molecule has 3 unspecified atom stereocenters. The van der Waals surface area contributed by atoms with Crippen LogP contribution in [0.25, 0.3) is 27.9 Å². The van der Waals surface area contributed by atoms with E-state index in [1.807, 2.05) is 0 Å². The third kappa shape index (κ3) is 14.5. The first kappa shape index (κ1) is 70.1. The molecule has 0 spiro atoms. The Bertz CT molecular complexity index is 4200. The number of anilines is 3. The van der Waals surface area contributed by atoms with E-state index in [1.54, 1.807) is 7.05 Å². The molecule has 0 bridgehead atoms. The van der Waals surface area contributed by atoms with Crippen molar-refractivity contribution in [1.82, 2.24) is 34.3 Å². The highest BCUT2D eigenvalue weighted by Crippen LogP contribution is 2.65. The maximum Gasteiger partial charge on any atom is 0.487 e. The number of aromatic nitrogens is 4. The standard InChI is InChI=1S/C57H71Cl4N10O17P3/c1-10-69-34-23-36-32(21-30(34)28(3)25-56(69,5)6)40(33-22-31-29(4)26-57(7,8)70(11-2)35(31)24-37(33)85-36)41-42(44(59)46(61)45(60)43(41)58)52(76)68(9)20-16-17-39(72)63-18-14-12-13-15-19-64-55-65-47-50(66-54(62)67-51(47)75)71(55)53-49(74)48(73)38(86-53)27-84-90(80,81)88-91(82,83)87-89(77,78)79/h21-26,38,48-49,53,73-74H,10-20,27H2,1-9H3,(H8,62,63,67,72,75,76,77,78,79,80,81,82,83)/t38-,48-,49-,53-/m1/s1. The van der Waals surface area contributed by atoms with E-state index in [4.69, 9.17) is 66.5 Å². The summed E-state index contributed by atoms with van der Waals surface area (Å²) in [6.07, 6.45) is 0.207. The van der Waals surface area contributed by atoms with Crippen LogP contribution in [0.1, 0.15) is 133 Å². The van der Waals surface area contributed by atoms with Gasteiger partial charge in [-0.05, 0) is 90.2 Å². The molecule has 3 aromatic carbocycles. The second kappa shape index (κ2) is 26.9. The molecule has 34 heteroatoms. The molecule has 4 aliphatic rings. The number of aliphatic hydroxyl groups excluding tert-OH is 2. The minimum absolute atomic E-state index is 0.0256. The number of nitrogens with two attached hydrogens (primary N) is 1. The number of likely N-dealkylation sites (N-methyl/N-ethyl adjacent to an activating group) is 2. The summed E-state index contributed by atoms with van der Waals surface area (Å²) in [5.41, 5.74) is 10.6. The van der Waals surface area contributed by atoms with Gasteiger partial charge in [0.2, 0.25) is 23.2 Å². The van der Waals surface area contributed by atoms with Crippen LogP contribution in [0.5, 0.6) is 11.5 Å². The van der Waals surface area contributed by atoms with E-state index in [0.29, 0.717) is 60.1 Å². The number of imidazole rings is 1. The van der Waals surface area contributed by atoms with Crippen molar-refractivity contribution in [2.45, 2.75) is 130 Å². The van der Waals surface area contributed by atoms with E-state index < -0.39 is 66.1 Å². The molecule has 0 saturated carbocycles. The Balaban J connectivity index is 0.847. The van der Waals surface area contributed by atoms with Crippen molar-refractivity contribution < 1.29 is 75.7 Å². The number of fused-ring (bicyclic) bond motifs is 5. The molecule has 0 aliphatic carbocycles. The predicted molar refractivity (Wildman–Crippen MR) is 343 cm³/mol. The van der Waals surface area contributed by atoms with Crippen LogP contribution in [0.2, 0.25) is 20.1 Å². The number of H-pyrrole nitrogens is 1. The molecule has 4 aliphatic heterocycles.